The molecule has 1 atom stereocenters. The molecule has 0 bridgehead atoms. The van der Waals surface area contributed by atoms with Crippen molar-refractivity contribution < 1.29 is 23.8 Å². The molecular weight excluding hydrogens is 424 g/mol. The summed E-state index contributed by atoms with van der Waals surface area (Å²) in [6.07, 6.45) is 4.59. The Morgan fingerprint density at radius 3 is 2.55 bits per heavy atom. The van der Waals surface area contributed by atoms with E-state index >= 15 is 0 Å². The Morgan fingerprint density at radius 2 is 1.88 bits per heavy atom. The molecule has 0 spiro atoms. The number of ether oxygens (including phenoxy) is 3. The van der Waals surface area contributed by atoms with Gasteiger partial charge < -0.3 is 14.2 Å². The third-order valence-corrected chi connectivity index (χ3v) is 7.09. The van der Waals surface area contributed by atoms with E-state index in [0.717, 1.165) is 24.0 Å². The second-order valence-electron chi connectivity index (χ2n) is 9.70. The van der Waals surface area contributed by atoms with Gasteiger partial charge in [-0.3, -0.25) is 19.3 Å². The Labute approximate surface area is 192 Å². The summed E-state index contributed by atoms with van der Waals surface area (Å²) in [7, 11) is 2.86. The number of hydrogen-bond donors (Lipinski definition) is 0. The van der Waals surface area contributed by atoms with Gasteiger partial charge in [-0.25, -0.2) is 4.79 Å². The summed E-state index contributed by atoms with van der Waals surface area (Å²) in [4.78, 5) is 36.3. The molecule has 2 aliphatic heterocycles. The number of pyridine rings is 1. The van der Waals surface area contributed by atoms with Gasteiger partial charge in [0.05, 0.1) is 38.1 Å². The topological polar surface area (TPSA) is 87.1 Å². The molecule has 8 heteroatoms. The number of carbonyl (C=O) groups is 2. The highest BCUT2D eigenvalue weighted by Crippen LogP contribution is 2.50. The summed E-state index contributed by atoms with van der Waals surface area (Å²) in [5.74, 6) is 1.09. The van der Waals surface area contributed by atoms with E-state index in [0.29, 0.717) is 36.6 Å². The Bertz CT molecular complexity index is 1210. The molecule has 3 aliphatic rings. The number of aromatic nitrogens is 1. The summed E-state index contributed by atoms with van der Waals surface area (Å²) < 4.78 is 18.5. The standard InChI is InChI=1S/C25H28N2O6/c1-25(2)6-5-19-16-10-23(33-13-14-7-15(28)8-14)22(31-3)9-17(16)20-11-21(29)18(24(30)32-4)12-26(20)27(19)25/h9-12,14,19H,5-8,13H2,1-4H3. The first kappa shape index (κ1) is 21.6. The van der Waals surface area contributed by atoms with Crippen LogP contribution in [0.15, 0.2) is 29.2 Å². The normalized spacial score (nSPS) is 20.4. The predicted molar refractivity (Wildman–Crippen MR) is 122 cm³/mol. The first-order valence-corrected chi connectivity index (χ1v) is 11.2. The molecule has 0 radical (unpaired) electrons. The number of ketones is 1. The molecule has 1 aromatic heterocycles. The van der Waals surface area contributed by atoms with Crippen LogP contribution in [0.4, 0.5) is 0 Å². The van der Waals surface area contributed by atoms with Crippen LogP contribution in [0.25, 0.3) is 11.3 Å². The maximum Gasteiger partial charge on any atom is 0.343 e. The van der Waals surface area contributed by atoms with Crippen LogP contribution in [0.5, 0.6) is 11.5 Å². The van der Waals surface area contributed by atoms with Crippen LogP contribution in [-0.2, 0) is 9.53 Å². The van der Waals surface area contributed by atoms with Crippen molar-refractivity contribution in [2.24, 2.45) is 5.92 Å². The van der Waals surface area contributed by atoms with Crippen molar-refractivity contribution >= 4 is 11.8 Å². The fraction of sp³-hybridized carbons (Fsp3) is 0.480. The maximum absolute atomic E-state index is 12.8. The Hall–Kier alpha value is -3.29. The lowest BCUT2D eigenvalue weighted by Gasteiger charge is -2.44. The average Bonchev–Trinajstić information content (AvgIpc) is 3.10. The van der Waals surface area contributed by atoms with Gasteiger partial charge >= 0.3 is 5.97 Å². The summed E-state index contributed by atoms with van der Waals surface area (Å²) in [5, 5.41) is 2.23. The molecule has 2 fully saturated rings. The molecule has 0 amide bonds. The molecule has 1 aromatic carbocycles. The van der Waals surface area contributed by atoms with Crippen LogP contribution < -0.4 is 19.9 Å². The van der Waals surface area contributed by atoms with Crippen molar-refractivity contribution in [3.8, 4) is 22.8 Å². The lowest BCUT2D eigenvalue weighted by atomic mass is 9.85. The van der Waals surface area contributed by atoms with E-state index in [1.54, 1.807) is 13.3 Å². The van der Waals surface area contributed by atoms with Crippen LogP contribution in [0.3, 0.4) is 0 Å². The van der Waals surface area contributed by atoms with Gasteiger partial charge in [-0.1, -0.05) is 0 Å². The monoisotopic (exact) mass is 452 g/mol. The Morgan fingerprint density at radius 1 is 1.12 bits per heavy atom. The highest BCUT2D eigenvalue weighted by atomic mass is 16.5. The zero-order valence-corrected chi connectivity index (χ0v) is 19.3. The number of hydrogen-bond acceptors (Lipinski definition) is 7. The average molecular weight is 453 g/mol. The number of methoxy groups -OCH3 is 2. The van der Waals surface area contributed by atoms with Crippen molar-refractivity contribution in [3.63, 3.8) is 0 Å². The highest BCUT2D eigenvalue weighted by Gasteiger charge is 2.45. The van der Waals surface area contributed by atoms with Gasteiger partial charge in [0.25, 0.3) is 0 Å². The summed E-state index contributed by atoms with van der Waals surface area (Å²) in [6.45, 7) is 4.79. The van der Waals surface area contributed by atoms with Gasteiger partial charge in [-0.15, -0.1) is 0 Å². The predicted octanol–water partition coefficient (Wildman–Crippen LogP) is 3.23. The van der Waals surface area contributed by atoms with E-state index in [2.05, 4.69) is 18.9 Å². The largest absolute Gasteiger partial charge is 0.493 e. The van der Waals surface area contributed by atoms with Crippen LogP contribution in [-0.4, -0.2) is 42.8 Å². The van der Waals surface area contributed by atoms with E-state index in [-0.39, 0.29) is 34.3 Å². The van der Waals surface area contributed by atoms with E-state index in [1.807, 2.05) is 16.8 Å². The number of rotatable bonds is 5. The van der Waals surface area contributed by atoms with Crippen molar-refractivity contribution in [1.82, 2.24) is 4.68 Å². The molecule has 1 unspecified atom stereocenters. The molecule has 1 aliphatic carbocycles. The minimum Gasteiger partial charge on any atom is -0.493 e. The third-order valence-electron chi connectivity index (χ3n) is 7.09. The molecule has 33 heavy (non-hydrogen) atoms. The Balaban J connectivity index is 1.64. The van der Waals surface area contributed by atoms with Gasteiger partial charge in [0.2, 0.25) is 0 Å². The van der Waals surface area contributed by atoms with Gasteiger partial charge in [0.15, 0.2) is 16.9 Å². The van der Waals surface area contributed by atoms with Gasteiger partial charge in [0, 0.05) is 36.6 Å². The van der Waals surface area contributed by atoms with E-state index in [1.165, 1.54) is 13.2 Å². The number of Topliss-reactive ketones (excluding diaryl/α,β-unsaturated/α-hetero) is 1. The van der Waals surface area contributed by atoms with Crippen LogP contribution in [0, 0.1) is 5.92 Å². The molecule has 1 saturated carbocycles. The summed E-state index contributed by atoms with van der Waals surface area (Å²) in [6, 6.07) is 5.46. The van der Waals surface area contributed by atoms with Crippen LogP contribution >= 0.6 is 0 Å². The molecule has 2 aromatic rings. The number of carbonyl (C=O) groups excluding carboxylic acids is 2. The number of benzene rings is 1. The molecule has 3 heterocycles. The highest BCUT2D eigenvalue weighted by molar-refractivity contribution is 5.89. The van der Waals surface area contributed by atoms with Crippen molar-refractivity contribution in [2.45, 2.75) is 51.1 Å². The van der Waals surface area contributed by atoms with Crippen LogP contribution in [0.1, 0.15) is 61.5 Å². The van der Waals surface area contributed by atoms with E-state index < -0.39 is 5.97 Å². The summed E-state index contributed by atoms with van der Waals surface area (Å²) >= 11 is 0. The maximum atomic E-state index is 12.8. The van der Waals surface area contributed by atoms with Gasteiger partial charge in [-0.2, -0.15) is 0 Å². The van der Waals surface area contributed by atoms with Crippen molar-refractivity contribution in [1.29, 1.82) is 0 Å². The molecule has 174 valence electrons. The fourth-order valence-electron chi connectivity index (χ4n) is 5.30. The smallest absolute Gasteiger partial charge is 0.343 e. The minimum atomic E-state index is -0.648. The van der Waals surface area contributed by atoms with Gasteiger partial charge in [-0.05, 0) is 44.4 Å². The number of esters is 1. The minimum absolute atomic E-state index is 0.00751. The SMILES string of the molecule is COC(=O)c1cn2c(cc1=O)-c1cc(OC)c(OCC3CC(=O)C3)cc1C1CCC(C)(C)N12. The van der Waals surface area contributed by atoms with Crippen molar-refractivity contribution in [3.05, 3.63) is 45.7 Å². The quantitative estimate of drug-likeness (QED) is 0.644. The molecule has 8 nitrogen and oxygen atoms in total. The number of fused-ring (bicyclic) bond motifs is 6. The van der Waals surface area contributed by atoms with Crippen LogP contribution in [0.2, 0.25) is 0 Å². The lowest BCUT2D eigenvalue weighted by Crippen LogP contribution is -2.50. The first-order valence-electron chi connectivity index (χ1n) is 11.2. The second-order valence-corrected chi connectivity index (χ2v) is 9.70. The van der Waals surface area contributed by atoms with E-state index in [4.69, 9.17) is 14.2 Å². The molecular formula is C25H28N2O6. The fourth-order valence-corrected chi connectivity index (χ4v) is 5.30. The zero-order valence-electron chi connectivity index (χ0n) is 19.3. The lowest BCUT2D eigenvalue weighted by molar-refractivity contribution is -0.127. The zero-order chi connectivity index (χ0) is 23.5. The molecule has 0 N–H and O–H groups in total. The number of nitrogens with zero attached hydrogens (tertiary/aromatic N) is 2. The molecule has 1 saturated heterocycles. The summed E-state index contributed by atoms with van der Waals surface area (Å²) in [5.41, 5.74) is 2.07. The third kappa shape index (κ3) is 3.39. The van der Waals surface area contributed by atoms with Gasteiger partial charge in [0.1, 0.15) is 11.3 Å². The first-order chi connectivity index (χ1) is 15.7. The Kier molecular flexibility index (Phi) is 4.99. The molecule has 5 rings (SSSR count). The second kappa shape index (κ2) is 7.64. The van der Waals surface area contributed by atoms with Crippen molar-refractivity contribution in [2.75, 3.05) is 25.8 Å². The van der Waals surface area contributed by atoms with E-state index in [9.17, 15) is 14.4 Å².